The summed E-state index contributed by atoms with van der Waals surface area (Å²) in [7, 11) is 1.92. The van der Waals surface area contributed by atoms with E-state index in [4.69, 9.17) is 0 Å². The molecule has 2 aromatic rings. The molecule has 3 heterocycles. The lowest BCUT2D eigenvalue weighted by molar-refractivity contribution is -0.114. The van der Waals surface area contributed by atoms with Crippen LogP contribution in [0.4, 0.5) is 5.13 Å². The number of nitrogens with one attached hydrogen (secondary N) is 1. The van der Waals surface area contributed by atoms with Gasteiger partial charge >= 0.3 is 0 Å². The fourth-order valence-corrected chi connectivity index (χ4v) is 4.04. The van der Waals surface area contributed by atoms with E-state index in [0.717, 1.165) is 29.8 Å². The molecule has 0 spiro atoms. The molecular formula is C16H21N5O2S. The van der Waals surface area contributed by atoms with E-state index in [1.807, 2.05) is 30.5 Å². The number of aryl methyl sites for hydroxylation is 2. The molecule has 1 fully saturated rings. The maximum Gasteiger partial charge on any atom is 0.273 e. The first kappa shape index (κ1) is 16.6. The summed E-state index contributed by atoms with van der Waals surface area (Å²) in [5.74, 6) is -0.281. The van der Waals surface area contributed by atoms with Gasteiger partial charge in [0.15, 0.2) is 5.13 Å². The van der Waals surface area contributed by atoms with Crippen molar-refractivity contribution in [1.29, 1.82) is 0 Å². The molecule has 1 atom stereocenters. The largest absolute Gasteiger partial charge is 0.330 e. The molecule has 3 rings (SSSR count). The molecular weight excluding hydrogens is 326 g/mol. The molecule has 1 aliphatic rings. The van der Waals surface area contributed by atoms with Gasteiger partial charge in [0, 0.05) is 37.2 Å². The third-order valence-electron chi connectivity index (χ3n) is 4.42. The Hall–Kier alpha value is -2.22. The van der Waals surface area contributed by atoms with Gasteiger partial charge in [0.25, 0.3) is 5.91 Å². The zero-order valence-electron chi connectivity index (χ0n) is 14.3. The molecule has 7 nitrogen and oxygen atoms in total. The van der Waals surface area contributed by atoms with Gasteiger partial charge in [0.05, 0.1) is 11.7 Å². The van der Waals surface area contributed by atoms with Crippen LogP contribution in [0.15, 0.2) is 5.38 Å². The molecule has 0 radical (unpaired) electrons. The number of nitrogens with zero attached hydrogens (tertiary/aromatic N) is 4. The van der Waals surface area contributed by atoms with Crippen molar-refractivity contribution in [3.8, 4) is 0 Å². The molecule has 0 bridgehead atoms. The second-order valence-corrected chi connectivity index (χ2v) is 6.94. The third-order valence-corrected chi connectivity index (χ3v) is 5.18. The van der Waals surface area contributed by atoms with E-state index in [2.05, 4.69) is 15.4 Å². The van der Waals surface area contributed by atoms with Crippen LogP contribution in [-0.2, 0) is 11.8 Å². The maximum atomic E-state index is 12.9. The molecule has 8 heteroatoms. The molecule has 128 valence electrons. The average molecular weight is 347 g/mol. The van der Waals surface area contributed by atoms with Crippen molar-refractivity contribution in [3.05, 3.63) is 28.0 Å². The van der Waals surface area contributed by atoms with Gasteiger partial charge in [0.1, 0.15) is 5.69 Å². The number of hydrogen-bond acceptors (Lipinski definition) is 5. The van der Waals surface area contributed by atoms with Crippen molar-refractivity contribution in [2.75, 3.05) is 11.9 Å². The number of thiazole rings is 1. The quantitative estimate of drug-likeness (QED) is 0.925. The fraction of sp³-hybridized carbons (Fsp3) is 0.500. The number of anilines is 1. The minimum Gasteiger partial charge on any atom is -0.330 e. The van der Waals surface area contributed by atoms with Crippen molar-refractivity contribution in [2.45, 2.75) is 39.7 Å². The highest BCUT2D eigenvalue weighted by atomic mass is 32.1. The molecule has 24 heavy (non-hydrogen) atoms. The Balaban J connectivity index is 1.86. The summed E-state index contributed by atoms with van der Waals surface area (Å²) < 4.78 is 1.86. The zero-order chi connectivity index (χ0) is 17.4. The topological polar surface area (TPSA) is 80.1 Å². The summed E-state index contributed by atoms with van der Waals surface area (Å²) in [5.41, 5.74) is 3.59. The van der Waals surface area contributed by atoms with Crippen LogP contribution in [0.25, 0.3) is 0 Å². The highest BCUT2D eigenvalue weighted by molar-refractivity contribution is 7.14. The summed E-state index contributed by atoms with van der Waals surface area (Å²) in [6, 6.07) is 0.0390. The molecule has 1 unspecified atom stereocenters. The highest BCUT2D eigenvalue weighted by Gasteiger charge is 2.34. The maximum absolute atomic E-state index is 12.9. The predicted molar refractivity (Wildman–Crippen MR) is 92.1 cm³/mol. The van der Waals surface area contributed by atoms with Crippen molar-refractivity contribution in [2.24, 2.45) is 7.05 Å². The number of amides is 2. The second kappa shape index (κ2) is 6.35. The Morgan fingerprint density at radius 1 is 1.38 bits per heavy atom. The molecule has 1 saturated heterocycles. The highest BCUT2D eigenvalue weighted by Crippen LogP contribution is 2.36. The normalized spacial score (nSPS) is 17.3. The number of aromatic nitrogens is 3. The monoisotopic (exact) mass is 347 g/mol. The SMILES string of the molecule is CC(=O)Nc1nc(C(=O)N2CCCC2c2c(C)nn(C)c2C)cs1. The molecule has 0 saturated carbocycles. The van der Waals surface area contributed by atoms with Gasteiger partial charge in [-0.15, -0.1) is 11.3 Å². The summed E-state index contributed by atoms with van der Waals surface area (Å²) in [6.07, 6.45) is 1.90. The van der Waals surface area contributed by atoms with E-state index < -0.39 is 0 Å². The lowest BCUT2D eigenvalue weighted by atomic mass is 10.0. The van der Waals surface area contributed by atoms with Crippen LogP contribution in [0.5, 0.6) is 0 Å². The summed E-state index contributed by atoms with van der Waals surface area (Å²) in [5, 5.41) is 9.25. The van der Waals surface area contributed by atoms with Crippen LogP contribution in [-0.4, -0.2) is 38.0 Å². The minimum atomic E-state index is -0.191. The zero-order valence-corrected chi connectivity index (χ0v) is 15.1. The third kappa shape index (κ3) is 2.93. The minimum absolute atomic E-state index is 0.0390. The number of carbonyl (C=O) groups excluding carboxylic acids is 2. The molecule has 1 N–H and O–H groups in total. The Kier molecular flexibility index (Phi) is 4.40. The summed E-state index contributed by atoms with van der Waals surface area (Å²) in [6.45, 7) is 6.16. The summed E-state index contributed by atoms with van der Waals surface area (Å²) >= 11 is 1.27. The number of likely N-dealkylation sites (tertiary alicyclic amines) is 1. The van der Waals surface area contributed by atoms with Crippen molar-refractivity contribution in [1.82, 2.24) is 19.7 Å². The predicted octanol–water partition coefficient (Wildman–Crippen LogP) is 2.43. The second-order valence-electron chi connectivity index (χ2n) is 6.08. The van der Waals surface area contributed by atoms with E-state index in [0.29, 0.717) is 17.4 Å². The molecule has 2 aromatic heterocycles. The van der Waals surface area contributed by atoms with Crippen LogP contribution in [0.3, 0.4) is 0 Å². The van der Waals surface area contributed by atoms with Gasteiger partial charge in [-0.05, 0) is 26.7 Å². The molecule has 0 aromatic carbocycles. The Morgan fingerprint density at radius 3 is 2.75 bits per heavy atom. The summed E-state index contributed by atoms with van der Waals surface area (Å²) in [4.78, 5) is 30.1. The Morgan fingerprint density at radius 2 is 2.12 bits per heavy atom. The number of hydrogen-bond donors (Lipinski definition) is 1. The Labute approximate surface area is 144 Å². The van der Waals surface area contributed by atoms with Crippen LogP contribution in [0.1, 0.15) is 53.2 Å². The van der Waals surface area contributed by atoms with E-state index >= 15 is 0 Å². The van der Waals surface area contributed by atoms with Crippen molar-refractivity contribution < 1.29 is 9.59 Å². The van der Waals surface area contributed by atoms with E-state index in [-0.39, 0.29) is 17.9 Å². The van der Waals surface area contributed by atoms with Crippen LogP contribution in [0.2, 0.25) is 0 Å². The van der Waals surface area contributed by atoms with Crippen LogP contribution >= 0.6 is 11.3 Å². The van der Waals surface area contributed by atoms with Gasteiger partial charge in [-0.25, -0.2) is 4.98 Å². The van der Waals surface area contributed by atoms with Gasteiger partial charge in [-0.3, -0.25) is 14.3 Å². The first-order valence-corrected chi connectivity index (χ1v) is 8.80. The van der Waals surface area contributed by atoms with Gasteiger partial charge in [-0.2, -0.15) is 5.10 Å². The van der Waals surface area contributed by atoms with Gasteiger partial charge in [-0.1, -0.05) is 0 Å². The van der Waals surface area contributed by atoms with Gasteiger partial charge in [0.2, 0.25) is 5.91 Å². The van der Waals surface area contributed by atoms with E-state index in [1.165, 1.54) is 18.3 Å². The number of rotatable bonds is 3. The lowest BCUT2D eigenvalue weighted by Gasteiger charge is -2.24. The fourth-order valence-electron chi connectivity index (χ4n) is 3.31. The van der Waals surface area contributed by atoms with Crippen LogP contribution < -0.4 is 5.32 Å². The number of carbonyl (C=O) groups is 2. The molecule has 0 aliphatic carbocycles. The molecule has 1 aliphatic heterocycles. The van der Waals surface area contributed by atoms with Crippen molar-refractivity contribution >= 4 is 28.3 Å². The first-order chi connectivity index (χ1) is 11.4. The first-order valence-electron chi connectivity index (χ1n) is 7.92. The standard InChI is InChI=1S/C16H21N5O2S/c1-9-14(10(2)20(4)19-9)13-6-5-7-21(13)15(23)12-8-24-16(18-12)17-11(3)22/h8,13H,5-7H2,1-4H3,(H,17,18,22). The smallest absolute Gasteiger partial charge is 0.273 e. The average Bonchev–Trinajstić information content (AvgIpc) is 3.19. The van der Waals surface area contributed by atoms with E-state index in [9.17, 15) is 9.59 Å². The van der Waals surface area contributed by atoms with Crippen molar-refractivity contribution in [3.63, 3.8) is 0 Å². The van der Waals surface area contributed by atoms with Gasteiger partial charge < -0.3 is 10.2 Å². The lowest BCUT2D eigenvalue weighted by Crippen LogP contribution is -2.31. The van der Waals surface area contributed by atoms with E-state index in [1.54, 1.807) is 5.38 Å². The van der Waals surface area contributed by atoms with Crippen LogP contribution in [0, 0.1) is 13.8 Å². The molecule has 2 amide bonds. The Bertz CT molecular complexity index is 794.